The van der Waals surface area contributed by atoms with E-state index in [1.54, 1.807) is 0 Å². The number of quaternary nitrogens is 1. The van der Waals surface area contributed by atoms with E-state index in [0.717, 1.165) is 35.9 Å². The van der Waals surface area contributed by atoms with Crippen molar-refractivity contribution in [3.8, 4) is 0 Å². The lowest BCUT2D eigenvalue weighted by Gasteiger charge is -2.47. The first-order valence-electron chi connectivity index (χ1n) is 6.94. The lowest BCUT2D eigenvalue weighted by molar-refractivity contribution is -0.387. The van der Waals surface area contributed by atoms with E-state index < -0.39 is 0 Å². The first-order valence-corrected chi connectivity index (χ1v) is 6.94. The summed E-state index contributed by atoms with van der Waals surface area (Å²) < 4.78 is 0. The van der Waals surface area contributed by atoms with E-state index >= 15 is 0 Å². The van der Waals surface area contributed by atoms with Crippen LogP contribution in [0.1, 0.15) is 37.2 Å². The van der Waals surface area contributed by atoms with Gasteiger partial charge in [-0.25, -0.2) is 0 Å². The fraction of sp³-hybridized carbons (Fsp3) is 0.600. The molecular weight excluding hydrogens is 244 g/mol. The molecule has 2 bridgehead atoms. The summed E-state index contributed by atoms with van der Waals surface area (Å²) in [6, 6.07) is 8.59. The minimum absolute atomic E-state index is 0. The summed E-state index contributed by atoms with van der Waals surface area (Å²) in [6.45, 7) is 1.09. The molecule has 0 saturated heterocycles. The molecule has 2 nitrogen and oxygen atoms in total. The quantitative estimate of drug-likeness (QED) is 0.666. The van der Waals surface area contributed by atoms with Crippen LogP contribution in [0.2, 0.25) is 0 Å². The first-order chi connectivity index (χ1) is 8.29. The van der Waals surface area contributed by atoms with Crippen molar-refractivity contribution in [2.75, 3.05) is 12.3 Å². The Morgan fingerprint density at radius 2 is 1.56 bits per heavy atom. The normalized spacial score (nSPS) is 34.1. The van der Waals surface area contributed by atoms with Crippen molar-refractivity contribution < 1.29 is 18.1 Å². The van der Waals surface area contributed by atoms with E-state index in [1.165, 1.54) is 31.2 Å². The van der Waals surface area contributed by atoms with E-state index in [2.05, 4.69) is 30.0 Å². The molecule has 18 heavy (non-hydrogen) atoms. The first kappa shape index (κ1) is 13.7. The Labute approximate surface area is 116 Å². The number of hydrogen-bond acceptors (Lipinski definition) is 1. The van der Waals surface area contributed by atoms with E-state index in [9.17, 15) is 0 Å². The second-order valence-electron chi connectivity index (χ2n) is 5.82. The van der Waals surface area contributed by atoms with E-state index in [-0.39, 0.29) is 12.4 Å². The SMILES string of the molecule is Nc1ccc([C@H]2C3CCC(CC3)[C@@H]2C[NH3+])cc1.[Cl-]. The molecule has 1 aromatic rings. The Balaban J connectivity index is 0.00000120. The van der Waals surface area contributed by atoms with Crippen LogP contribution in [0.3, 0.4) is 0 Å². The van der Waals surface area contributed by atoms with Crippen LogP contribution in [0, 0.1) is 17.8 Å². The minimum atomic E-state index is 0. The molecule has 3 fully saturated rings. The van der Waals surface area contributed by atoms with Gasteiger partial charge in [-0.1, -0.05) is 12.1 Å². The van der Waals surface area contributed by atoms with Crippen LogP contribution in [-0.2, 0) is 0 Å². The second-order valence-corrected chi connectivity index (χ2v) is 5.82. The number of anilines is 1. The topological polar surface area (TPSA) is 53.7 Å². The van der Waals surface area contributed by atoms with Gasteiger partial charge in [0.05, 0.1) is 6.54 Å². The van der Waals surface area contributed by atoms with Gasteiger partial charge in [0.15, 0.2) is 0 Å². The summed E-state index contributed by atoms with van der Waals surface area (Å²) in [6.07, 6.45) is 5.74. The molecule has 3 saturated carbocycles. The predicted molar refractivity (Wildman–Crippen MR) is 70.3 cm³/mol. The van der Waals surface area contributed by atoms with Gasteiger partial charge in [0.2, 0.25) is 0 Å². The van der Waals surface area contributed by atoms with Crippen LogP contribution in [0.15, 0.2) is 24.3 Å². The number of rotatable bonds is 2. The van der Waals surface area contributed by atoms with E-state index in [0.29, 0.717) is 0 Å². The maximum atomic E-state index is 5.79. The Morgan fingerprint density at radius 3 is 2.11 bits per heavy atom. The molecule has 2 atom stereocenters. The molecule has 0 spiro atoms. The third kappa shape index (κ3) is 2.24. The van der Waals surface area contributed by atoms with Gasteiger partial charge in [-0.15, -0.1) is 0 Å². The largest absolute Gasteiger partial charge is 1.00 e. The molecule has 0 radical (unpaired) electrons. The van der Waals surface area contributed by atoms with Gasteiger partial charge in [0.25, 0.3) is 0 Å². The van der Waals surface area contributed by atoms with E-state index in [4.69, 9.17) is 5.73 Å². The van der Waals surface area contributed by atoms with Crippen LogP contribution < -0.4 is 23.9 Å². The lowest BCUT2D eigenvalue weighted by atomic mass is 9.57. The summed E-state index contributed by atoms with van der Waals surface area (Å²) in [4.78, 5) is 0. The van der Waals surface area contributed by atoms with Crippen molar-refractivity contribution in [1.29, 1.82) is 0 Å². The molecule has 5 N–H and O–H groups in total. The molecular formula is C15H23ClN2. The molecule has 3 aliphatic rings. The summed E-state index contributed by atoms with van der Waals surface area (Å²) >= 11 is 0. The number of nitrogen functional groups attached to an aromatic ring is 1. The highest BCUT2D eigenvalue weighted by Gasteiger charge is 2.44. The predicted octanol–water partition coefficient (Wildman–Crippen LogP) is -0.965. The van der Waals surface area contributed by atoms with Crippen LogP contribution in [0.4, 0.5) is 5.69 Å². The summed E-state index contributed by atoms with van der Waals surface area (Å²) in [5, 5.41) is 0. The van der Waals surface area contributed by atoms with Crippen LogP contribution >= 0.6 is 0 Å². The molecule has 0 unspecified atom stereocenters. The third-order valence-electron chi connectivity index (χ3n) is 5.05. The Kier molecular flexibility index (Phi) is 4.18. The maximum absolute atomic E-state index is 5.79. The van der Waals surface area contributed by atoms with Gasteiger partial charge in [0.1, 0.15) is 0 Å². The molecule has 0 aromatic heterocycles. The van der Waals surface area contributed by atoms with Gasteiger partial charge in [0, 0.05) is 11.6 Å². The maximum Gasteiger partial charge on any atom is 0.0777 e. The summed E-state index contributed by atoms with van der Waals surface area (Å²) in [5.74, 6) is 3.39. The monoisotopic (exact) mass is 266 g/mol. The van der Waals surface area contributed by atoms with Gasteiger partial charge >= 0.3 is 0 Å². The highest BCUT2D eigenvalue weighted by atomic mass is 35.5. The van der Waals surface area contributed by atoms with Gasteiger partial charge in [-0.05, 0) is 61.1 Å². The number of benzene rings is 1. The summed E-state index contributed by atoms with van der Waals surface area (Å²) in [5.41, 5.74) is 12.4. The van der Waals surface area contributed by atoms with E-state index in [1.807, 2.05) is 0 Å². The van der Waals surface area contributed by atoms with Crippen LogP contribution in [0.25, 0.3) is 0 Å². The zero-order valence-electron chi connectivity index (χ0n) is 10.8. The molecule has 3 aliphatic carbocycles. The average Bonchev–Trinajstić information content (AvgIpc) is 2.40. The molecule has 3 heteroatoms. The standard InChI is InChI=1S/C15H22N2.ClH/c16-9-14-10-1-3-11(4-2-10)15(14)12-5-7-13(17)8-6-12;/h5-8,10-11,14-15H,1-4,9,16-17H2;1H/t10?,11?,14-,15+;/m0./s1. The number of hydrogen-bond donors (Lipinski definition) is 2. The fourth-order valence-electron chi connectivity index (χ4n) is 4.23. The molecule has 4 rings (SSSR count). The minimum Gasteiger partial charge on any atom is -1.00 e. The zero-order valence-corrected chi connectivity index (χ0v) is 11.6. The number of halogens is 1. The lowest BCUT2D eigenvalue weighted by Crippen LogP contribution is -3.00. The van der Waals surface area contributed by atoms with Crippen LogP contribution in [-0.4, -0.2) is 6.54 Å². The van der Waals surface area contributed by atoms with Crippen molar-refractivity contribution in [2.45, 2.75) is 31.6 Å². The Bertz CT molecular complexity index is 382. The van der Waals surface area contributed by atoms with Crippen molar-refractivity contribution in [2.24, 2.45) is 17.8 Å². The Hall–Kier alpha value is -0.730. The second kappa shape index (κ2) is 5.50. The molecule has 1 aromatic carbocycles. The average molecular weight is 267 g/mol. The molecule has 100 valence electrons. The van der Waals surface area contributed by atoms with Crippen molar-refractivity contribution in [3.05, 3.63) is 29.8 Å². The smallest absolute Gasteiger partial charge is 0.0777 e. The highest BCUT2D eigenvalue weighted by molar-refractivity contribution is 5.40. The number of nitrogens with two attached hydrogens (primary N) is 1. The van der Waals surface area contributed by atoms with Gasteiger partial charge in [-0.2, -0.15) is 0 Å². The van der Waals surface area contributed by atoms with Crippen molar-refractivity contribution in [3.63, 3.8) is 0 Å². The highest BCUT2D eigenvalue weighted by Crippen LogP contribution is 2.52. The van der Waals surface area contributed by atoms with Gasteiger partial charge in [-0.3, -0.25) is 0 Å². The van der Waals surface area contributed by atoms with Crippen molar-refractivity contribution >= 4 is 5.69 Å². The zero-order chi connectivity index (χ0) is 11.8. The van der Waals surface area contributed by atoms with Crippen LogP contribution in [0.5, 0.6) is 0 Å². The number of fused-ring (bicyclic) bond motifs is 3. The van der Waals surface area contributed by atoms with Gasteiger partial charge < -0.3 is 23.9 Å². The van der Waals surface area contributed by atoms with Crippen molar-refractivity contribution in [1.82, 2.24) is 0 Å². The molecule has 0 heterocycles. The third-order valence-corrected chi connectivity index (χ3v) is 5.05. The molecule has 0 aliphatic heterocycles. The molecule has 0 amide bonds. The summed E-state index contributed by atoms with van der Waals surface area (Å²) in [7, 11) is 0. The fourth-order valence-corrected chi connectivity index (χ4v) is 4.23. The Morgan fingerprint density at radius 1 is 1.00 bits per heavy atom.